The second-order valence-electron chi connectivity index (χ2n) is 7.02. The summed E-state index contributed by atoms with van der Waals surface area (Å²) in [4.78, 5) is 0. The molecule has 3 saturated carbocycles. The third-order valence-electron chi connectivity index (χ3n) is 5.56. The highest BCUT2D eigenvalue weighted by Gasteiger charge is 2.56. The number of nitrogens with two attached hydrogens (primary N) is 1. The van der Waals surface area contributed by atoms with Crippen LogP contribution in [0.15, 0.2) is 0 Å². The third kappa shape index (κ3) is 2.22. The summed E-state index contributed by atoms with van der Waals surface area (Å²) in [5.74, 6) is 2.01. The van der Waals surface area contributed by atoms with Gasteiger partial charge in [0, 0.05) is 0 Å². The molecule has 0 radical (unpaired) electrons. The number of hydrogen-bond donors (Lipinski definition) is 1. The zero-order valence-corrected chi connectivity index (χ0v) is 12.1. The van der Waals surface area contributed by atoms with E-state index < -0.39 is 9.84 Å². The molecule has 0 aromatic carbocycles. The van der Waals surface area contributed by atoms with E-state index in [4.69, 9.17) is 5.73 Å². The van der Waals surface area contributed by atoms with Crippen molar-refractivity contribution in [2.45, 2.75) is 50.7 Å². The smallest absolute Gasteiger partial charge is 0.153 e. The van der Waals surface area contributed by atoms with E-state index >= 15 is 0 Å². The van der Waals surface area contributed by atoms with Crippen molar-refractivity contribution < 1.29 is 8.42 Å². The minimum atomic E-state index is -2.86. The zero-order valence-electron chi connectivity index (χ0n) is 11.3. The molecule has 3 atom stereocenters. The molecule has 3 unspecified atom stereocenters. The lowest BCUT2D eigenvalue weighted by atomic mass is 9.58. The molecular formula is C14H25NO2S. The largest absolute Gasteiger partial charge is 0.330 e. The number of rotatable bonds is 6. The lowest BCUT2D eigenvalue weighted by molar-refractivity contribution is 0.0422. The summed E-state index contributed by atoms with van der Waals surface area (Å²) in [7, 11) is -2.86. The molecule has 2 N–H and O–H groups in total. The molecule has 4 heteroatoms. The molecule has 0 spiro atoms. The van der Waals surface area contributed by atoms with Gasteiger partial charge in [0.15, 0.2) is 9.84 Å². The van der Waals surface area contributed by atoms with Crippen molar-refractivity contribution in [3.8, 4) is 0 Å². The first kappa shape index (κ1) is 12.9. The summed E-state index contributed by atoms with van der Waals surface area (Å²) in [5, 5.41) is -0.0969. The second-order valence-corrected chi connectivity index (χ2v) is 9.28. The fraction of sp³-hybridized carbons (Fsp3) is 1.00. The van der Waals surface area contributed by atoms with Crippen LogP contribution in [0.3, 0.4) is 0 Å². The van der Waals surface area contributed by atoms with Crippen LogP contribution in [-0.4, -0.2) is 26.0 Å². The van der Waals surface area contributed by atoms with Gasteiger partial charge in [0.05, 0.1) is 11.0 Å². The molecule has 3 aliphatic carbocycles. The van der Waals surface area contributed by atoms with Crippen LogP contribution < -0.4 is 5.73 Å². The second kappa shape index (κ2) is 4.20. The average molecular weight is 271 g/mol. The Morgan fingerprint density at radius 2 is 1.78 bits per heavy atom. The fourth-order valence-electron chi connectivity index (χ4n) is 3.69. The van der Waals surface area contributed by atoms with Gasteiger partial charge in [-0.05, 0) is 55.4 Å². The maximum Gasteiger partial charge on any atom is 0.153 e. The Kier molecular flexibility index (Phi) is 3.02. The monoisotopic (exact) mass is 271 g/mol. The van der Waals surface area contributed by atoms with Gasteiger partial charge >= 0.3 is 0 Å². The molecule has 0 aliphatic heterocycles. The summed E-state index contributed by atoms with van der Waals surface area (Å²) < 4.78 is 24.7. The van der Waals surface area contributed by atoms with Crippen molar-refractivity contribution in [2.24, 2.45) is 28.9 Å². The van der Waals surface area contributed by atoms with Crippen molar-refractivity contribution in [3.05, 3.63) is 0 Å². The van der Waals surface area contributed by atoms with Crippen LogP contribution in [0, 0.1) is 23.2 Å². The zero-order chi connectivity index (χ0) is 13.0. The van der Waals surface area contributed by atoms with Gasteiger partial charge in [0.25, 0.3) is 0 Å². The summed E-state index contributed by atoms with van der Waals surface area (Å²) in [6.07, 6.45) is 6.88. The van der Waals surface area contributed by atoms with Crippen LogP contribution in [0.4, 0.5) is 0 Å². The van der Waals surface area contributed by atoms with Crippen LogP contribution in [0.2, 0.25) is 0 Å². The fourth-order valence-corrected chi connectivity index (χ4v) is 6.42. The summed E-state index contributed by atoms with van der Waals surface area (Å²) in [6.45, 7) is 2.79. The normalized spacial score (nSPS) is 40.6. The first-order chi connectivity index (χ1) is 8.47. The lowest BCUT2D eigenvalue weighted by Crippen LogP contribution is -2.57. The summed E-state index contributed by atoms with van der Waals surface area (Å²) in [6, 6.07) is 0. The van der Waals surface area contributed by atoms with Gasteiger partial charge in [-0.25, -0.2) is 8.42 Å². The summed E-state index contributed by atoms with van der Waals surface area (Å²) >= 11 is 0. The minimum Gasteiger partial charge on any atom is -0.330 e. The molecule has 0 saturated heterocycles. The Labute approximate surface area is 110 Å². The Balaban J connectivity index is 1.66. The Hall–Kier alpha value is -0.0900. The predicted octanol–water partition coefficient (Wildman–Crippen LogP) is 1.96. The van der Waals surface area contributed by atoms with E-state index in [1.54, 1.807) is 0 Å². The van der Waals surface area contributed by atoms with E-state index in [0.29, 0.717) is 18.2 Å². The molecule has 3 rings (SSSR count). The van der Waals surface area contributed by atoms with Gasteiger partial charge in [-0.15, -0.1) is 0 Å². The molecule has 3 nitrogen and oxygen atoms in total. The highest BCUT2D eigenvalue weighted by atomic mass is 32.2. The summed E-state index contributed by atoms with van der Waals surface area (Å²) in [5.41, 5.74) is 6.10. The Morgan fingerprint density at radius 1 is 1.17 bits per heavy atom. The highest BCUT2D eigenvalue weighted by molar-refractivity contribution is 7.92. The molecular weight excluding hydrogens is 246 g/mol. The van der Waals surface area contributed by atoms with E-state index in [1.165, 1.54) is 19.3 Å². The van der Waals surface area contributed by atoms with Crippen molar-refractivity contribution in [2.75, 3.05) is 12.3 Å². The molecule has 104 valence electrons. The van der Waals surface area contributed by atoms with E-state index in [1.807, 2.05) is 0 Å². The van der Waals surface area contributed by atoms with E-state index in [-0.39, 0.29) is 16.6 Å². The van der Waals surface area contributed by atoms with Crippen molar-refractivity contribution >= 4 is 9.84 Å². The molecule has 0 aromatic rings. The number of sulfone groups is 1. The van der Waals surface area contributed by atoms with Crippen molar-refractivity contribution in [3.63, 3.8) is 0 Å². The maximum atomic E-state index is 12.3. The molecule has 0 amide bonds. The Morgan fingerprint density at radius 3 is 2.22 bits per heavy atom. The minimum absolute atomic E-state index is 0.0969. The first-order valence-electron chi connectivity index (χ1n) is 7.38. The van der Waals surface area contributed by atoms with Crippen molar-refractivity contribution in [1.82, 2.24) is 0 Å². The van der Waals surface area contributed by atoms with Crippen LogP contribution in [0.25, 0.3) is 0 Å². The molecule has 3 fully saturated rings. The molecule has 0 heterocycles. The topological polar surface area (TPSA) is 60.2 Å². The predicted molar refractivity (Wildman–Crippen MR) is 72.9 cm³/mol. The van der Waals surface area contributed by atoms with E-state index in [0.717, 1.165) is 25.2 Å². The van der Waals surface area contributed by atoms with Crippen LogP contribution in [0.1, 0.15) is 45.4 Å². The van der Waals surface area contributed by atoms with Gasteiger partial charge in [0.1, 0.15) is 0 Å². The standard InChI is InChI=1S/C14H25NO2S/c1-10-13(18(16,17)8-12-4-5-12)7-14(10,9-15)6-11-2-3-11/h10-13H,2-9,15H2,1H3. The van der Waals surface area contributed by atoms with Crippen LogP contribution >= 0.6 is 0 Å². The lowest BCUT2D eigenvalue weighted by Gasteiger charge is -2.53. The molecule has 18 heavy (non-hydrogen) atoms. The first-order valence-corrected chi connectivity index (χ1v) is 9.10. The van der Waals surface area contributed by atoms with Gasteiger partial charge in [0.2, 0.25) is 0 Å². The average Bonchev–Trinajstić information content (AvgIpc) is 3.17. The number of hydrogen-bond acceptors (Lipinski definition) is 3. The SMILES string of the molecule is CC1C(S(=O)(=O)CC2CC2)CC1(CN)CC1CC1. The van der Waals surface area contributed by atoms with E-state index in [2.05, 4.69) is 6.92 Å². The molecule has 3 aliphatic rings. The van der Waals surface area contributed by atoms with Gasteiger partial charge in [-0.1, -0.05) is 19.8 Å². The van der Waals surface area contributed by atoms with Gasteiger partial charge < -0.3 is 5.73 Å². The van der Waals surface area contributed by atoms with Gasteiger partial charge in [-0.3, -0.25) is 0 Å². The molecule has 0 aromatic heterocycles. The molecule has 0 bridgehead atoms. The third-order valence-corrected chi connectivity index (χ3v) is 7.99. The van der Waals surface area contributed by atoms with Crippen LogP contribution in [-0.2, 0) is 9.84 Å². The van der Waals surface area contributed by atoms with Gasteiger partial charge in [-0.2, -0.15) is 0 Å². The highest BCUT2D eigenvalue weighted by Crippen LogP contribution is 2.56. The van der Waals surface area contributed by atoms with E-state index in [9.17, 15) is 8.42 Å². The van der Waals surface area contributed by atoms with Crippen molar-refractivity contribution in [1.29, 1.82) is 0 Å². The quantitative estimate of drug-likeness (QED) is 0.803. The maximum absolute atomic E-state index is 12.3. The Bertz CT molecular complexity index is 425. The van der Waals surface area contributed by atoms with Crippen LogP contribution in [0.5, 0.6) is 0 Å².